The molecular formula is C23H31NO8. The van der Waals surface area contributed by atoms with Gasteiger partial charge in [-0.15, -0.1) is 10.1 Å². The molecule has 0 unspecified atom stereocenters. The van der Waals surface area contributed by atoms with Crippen molar-refractivity contribution in [3.63, 3.8) is 0 Å². The van der Waals surface area contributed by atoms with E-state index in [0.29, 0.717) is 44.9 Å². The number of cyclic esters (lactones) is 1. The predicted octanol–water partition coefficient (Wildman–Crippen LogP) is 2.11. The summed E-state index contributed by atoms with van der Waals surface area (Å²) in [4.78, 5) is 39.9. The molecule has 0 saturated heterocycles. The number of carbonyl (C=O) groups excluding carboxylic acids is 2. The number of nitrogens with zero attached hydrogens (tertiary/aromatic N) is 1. The standard InChI is InChI=1S/C23H31NO8/c1-20-6-3-17-18(23(20,28)9-5-16(20)14-10-19(26)31-12-14)4-8-22(27)11-15(32-24(29)30)2-7-21(17,22)13-25/h10,13,15-18,27-28H,2-9,11-12H2,1H3/t15-,16+,17-,18+,20+,21-,22-,23-/m0/s1. The summed E-state index contributed by atoms with van der Waals surface area (Å²) in [6.07, 6.45) is 5.98. The SMILES string of the molecule is C[C@]12CC[C@H]3[C@@H](CC[C@]4(O)C[C@@H](O[N+](=O)[O-])CC[C@]34C=O)[C@@]1(O)CC[C@@H]2C1=CC(=O)OC1. The number of esters is 1. The summed E-state index contributed by atoms with van der Waals surface area (Å²) in [5.74, 6) is -0.618. The second-order valence-electron chi connectivity index (χ2n) is 10.9. The molecule has 4 fully saturated rings. The third-order valence-electron chi connectivity index (χ3n) is 10.1. The van der Waals surface area contributed by atoms with E-state index in [0.717, 1.165) is 18.3 Å². The molecule has 1 heterocycles. The van der Waals surface area contributed by atoms with Crippen LogP contribution in [-0.4, -0.2) is 51.5 Å². The fourth-order valence-corrected chi connectivity index (χ4v) is 8.53. The van der Waals surface area contributed by atoms with Crippen LogP contribution in [0.1, 0.15) is 64.7 Å². The van der Waals surface area contributed by atoms with Crippen LogP contribution < -0.4 is 0 Å². The second kappa shape index (κ2) is 7.00. The van der Waals surface area contributed by atoms with Crippen LogP contribution in [0.25, 0.3) is 0 Å². The smallest absolute Gasteiger partial charge is 0.331 e. The van der Waals surface area contributed by atoms with E-state index in [2.05, 4.69) is 6.92 Å². The Labute approximate surface area is 186 Å². The molecule has 32 heavy (non-hydrogen) atoms. The first-order valence-corrected chi connectivity index (χ1v) is 11.7. The van der Waals surface area contributed by atoms with E-state index in [9.17, 15) is 29.9 Å². The Hall–Kier alpha value is -2.00. The zero-order valence-corrected chi connectivity index (χ0v) is 18.3. The first kappa shape index (κ1) is 21.8. The van der Waals surface area contributed by atoms with Gasteiger partial charge in [0, 0.05) is 17.9 Å². The van der Waals surface area contributed by atoms with Crippen LogP contribution in [0.4, 0.5) is 0 Å². The second-order valence-corrected chi connectivity index (χ2v) is 10.9. The summed E-state index contributed by atoms with van der Waals surface area (Å²) >= 11 is 0. The minimum Gasteiger partial charge on any atom is -0.458 e. The van der Waals surface area contributed by atoms with Crippen molar-refractivity contribution < 1.29 is 34.5 Å². The van der Waals surface area contributed by atoms with Gasteiger partial charge in [0.2, 0.25) is 0 Å². The van der Waals surface area contributed by atoms with E-state index in [4.69, 9.17) is 9.57 Å². The number of rotatable bonds is 4. The summed E-state index contributed by atoms with van der Waals surface area (Å²) in [6.45, 7) is 2.37. The minimum absolute atomic E-state index is 0.0529. The molecule has 0 amide bonds. The molecule has 0 aromatic rings. The molecule has 5 aliphatic rings. The van der Waals surface area contributed by atoms with Crippen molar-refractivity contribution in [2.45, 2.75) is 82.0 Å². The van der Waals surface area contributed by atoms with Crippen molar-refractivity contribution in [1.29, 1.82) is 0 Å². The highest BCUT2D eigenvalue weighted by Gasteiger charge is 2.71. The van der Waals surface area contributed by atoms with Gasteiger partial charge in [0.05, 0.1) is 16.6 Å². The van der Waals surface area contributed by atoms with Crippen molar-refractivity contribution in [2.24, 2.45) is 28.6 Å². The fraction of sp³-hybridized carbons (Fsp3) is 0.826. The quantitative estimate of drug-likeness (QED) is 0.288. The highest BCUT2D eigenvalue weighted by molar-refractivity contribution is 5.85. The van der Waals surface area contributed by atoms with Crippen LogP contribution in [0, 0.1) is 38.7 Å². The fourth-order valence-electron chi connectivity index (χ4n) is 8.53. The van der Waals surface area contributed by atoms with E-state index in [1.165, 1.54) is 0 Å². The van der Waals surface area contributed by atoms with Gasteiger partial charge < -0.3 is 24.6 Å². The number of fused-ring (bicyclic) bond motifs is 5. The monoisotopic (exact) mass is 449 g/mol. The Bertz CT molecular complexity index is 889. The maximum atomic E-state index is 12.6. The van der Waals surface area contributed by atoms with Gasteiger partial charge in [-0.1, -0.05) is 6.92 Å². The molecule has 176 valence electrons. The molecule has 8 atom stereocenters. The van der Waals surface area contributed by atoms with Crippen molar-refractivity contribution in [3.05, 3.63) is 21.8 Å². The molecular weight excluding hydrogens is 418 g/mol. The Kier molecular flexibility index (Phi) is 4.77. The average Bonchev–Trinajstić information content (AvgIpc) is 3.27. The first-order chi connectivity index (χ1) is 15.1. The average molecular weight is 450 g/mol. The molecule has 9 heteroatoms. The number of hydrogen-bond donors (Lipinski definition) is 2. The van der Waals surface area contributed by atoms with Gasteiger partial charge in [-0.3, -0.25) is 0 Å². The Morgan fingerprint density at radius 1 is 1.16 bits per heavy atom. The Morgan fingerprint density at radius 3 is 2.56 bits per heavy atom. The topological polar surface area (TPSA) is 136 Å². The van der Waals surface area contributed by atoms with Crippen LogP contribution in [0.5, 0.6) is 0 Å². The van der Waals surface area contributed by atoms with Crippen LogP contribution in [0.3, 0.4) is 0 Å². The minimum atomic E-state index is -1.37. The first-order valence-electron chi connectivity index (χ1n) is 11.7. The van der Waals surface area contributed by atoms with Crippen molar-refractivity contribution in [1.82, 2.24) is 0 Å². The molecule has 0 bridgehead atoms. The highest BCUT2D eigenvalue weighted by atomic mass is 17.0. The lowest BCUT2D eigenvalue weighted by Crippen LogP contribution is -2.69. The Morgan fingerprint density at radius 2 is 1.91 bits per heavy atom. The number of aldehydes is 1. The van der Waals surface area contributed by atoms with Crippen LogP contribution >= 0.6 is 0 Å². The van der Waals surface area contributed by atoms with Crippen LogP contribution in [0.15, 0.2) is 11.6 Å². The van der Waals surface area contributed by atoms with E-state index >= 15 is 0 Å². The van der Waals surface area contributed by atoms with E-state index in [1.54, 1.807) is 6.08 Å². The van der Waals surface area contributed by atoms with E-state index in [1.807, 2.05) is 0 Å². The third kappa shape index (κ3) is 2.70. The van der Waals surface area contributed by atoms with Gasteiger partial charge in [-0.05, 0) is 74.7 Å². The molecule has 9 nitrogen and oxygen atoms in total. The molecule has 1 aliphatic heterocycles. The molecule has 0 radical (unpaired) electrons. The van der Waals surface area contributed by atoms with Crippen molar-refractivity contribution in [3.8, 4) is 0 Å². The summed E-state index contributed by atoms with van der Waals surface area (Å²) in [5.41, 5.74) is -2.89. The zero-order valence-electron chi connectivity index (χ0n) is 18.3. The van der Waals surface area contributed by atoms with Crippen LogP contribution in [-0.2, 0) is 19.2 Å². The van der Waals surface area contributed by atoms with Crippen molar-refractivity contribution in [2.75, 3.05) is 6.61 Å². The molecule has 2 N–H and O–H groups in total. The lowest BCUT2D eigenvalue weighted by molar-refractivity contribution is -0.770. The van der Waals surface area contributed by atoms with Crippen molar-refractivity contribution >= 4 is 12.3 Å². The molecule has 0 aromatic carbocycles. The Balaban J connectivity index is 1.46. The summed E-state index contributed by atoms with van der Waals surface area (Å²) in [6, 6.07) is 0. The lowest BCUT2D eigenvalue weighted by atomic mass is 9.41. The summed E-state index contributed by atoms with van der Waals surface area (Å²) in [5, 5.41) is 33.8. The molecule has 4 aliphatic carbocycles. The molecule has 0 aromatic heterocycles. The van der Waals surface area contributed by atoms with E-state index in [-0.39, 0.29) is 36.8 Å². The number of hydrogen-bond acceptors (Lipinski definition) is 8. The maximum absolute atomic E-state index is 12.6. The normalized spacial score (nSPS) is 49.8. The number of aliphatic hydroxyl groups is 2. The van der Waals surface area contributed by atoms with Gasteiger partial charge in [0.15, 0.2) is 0 Å². The number of ether oxygens (including phenoxy) is 1. The molecule has 5 rings (SSSR count). The van der Waals surface area contributed by atoms with Crippen LogP contribution in [0.2, 0.25) is 0 Å². The lowest BCUT2D eigenvalue weighted by Gasteiger charge is -2.65. The highest BCUT2D eigenvalue weighted by Crippen LogP contribution is 2.70. The van der Waals surface area contributed by atoms with Gasteiger partial charge in [0.1, 0.15) is 19.0 Å². The van der Waals surface area contributed by atoms with Gasteiger partial charge >= 0.3 is 5.97 Å². The molecule has 4 saturated carbocycles. The van der Waals surface area contributed by atoms with E-state index < -0.39 is 33.2 Å². The van der Waals surface area contributed by atoms with Gasteiger partial charge in [0.25, 0.3) is 5.09 Å². The van der Waals surface area contributed by atoms with Gasteiger partial charge in [-0.25, -0.2) is 4.79 Å². The number of carbonyl (C=O) groups is 2. The summed E-state index contributed by atoms with van der Waals surface area (Å²) < 4.78 is 5.14. The maximum Gasteiger partial charge on any atom is 0.331 e. The van der Waals surface area contributed by atoms with Gasteiger partial charge in [-0.2, -0.15) is 0 Å². The molecule has 0 spiro atoms. The zero-order chi connectivity index (χ0) is 22.9. The predicted molar refractivity (Wildman–Crippen MR) is 109 cm³/mol. The largest absolute Gasteiger partial charge is 0.458 e. The third-order valence-corrected chi connectivity index (χ3v) is 10.1. The summed E-state index contributed by atoms with van der Waals surface area (Å²) in [7, 11) is 0.